The second kappa shape index (κ2) is 7.98. The van der Waals surface area contributed by atoms with Gasteiger partial charge in [0.2, 0.25) is 0 Å². The van der Waals surface area contributed by atoms with Crippen molar-refractivity contribution in [1.29, 1.82) is 5.26 Å². The van der Waals surface area contributed by atoms with E-state index in [0.29, 0.717) is 35.3 Å². The fourth-order valence-electron chi connectivity index (χ4n) is 4.61. The van der Waals surface area contributed by atoms with Crippen molar-refractivity contribution < 1.29 is 4.21 Å². The van der Waals surface area contributed by atoms with Crippen molar-refractivity contribution in [2.45, 2.75) is 26.3 Å². The maximum absolute atomic E-state index is 12.0. The van der Waals surface area contributed by atoms with Crippen LogP contribution in [0.2, 0.25) is 0 Å². The summed E-state index contributed by atoms with van der Waals surface area (Å²) < 4.78 is 15.3. The first kappa shape index (κ1) is 19.0. The number of nitrogens with zero attached hydrogens (tertiary/aromatic N) is 2. The lowest BCUT2D eigenvalue weighted by molar-refractivity contribution is 0.140. The van der Waals surface area contributed by atoms with Gasteiger partial charge in [-0.3, -0.25) is 4.98 Å². The molecule has 28 heavy (non-hydrogen) atoms. The fourth-order valence-corrected chi connectivity index (χ4v) is 6.11. The maximum atomic E-state index is 12.0. The van der Waals surface area contributed by atoms with E-state index in [0.717, 1.165) is 29.0 Å². The summed E-state index contributed by atoms with van der Waals surface area (Å²) in [5.74, 6) is 2.76. The van der Waals surface area contributed by atoms with Gasteiger partial charge < -0.3 is 0 Å². The highest BCUT2D eigenvalue weighted by Gasteiger charge is 2.44. The first-order valence-electron chi connectivity index (χ1n) is 9.85. The minimum absolute atomic E-state index is 0.361. The Morgan fingerprint density at radius 3 is 2.82 bits per heavy atom. The van der Waals surface area contributed by atoms with Crippen LogP contribution in [-0.2, 0) is 11.0 Å². The molecule has 4 rings (SSSR count). The molecule has 1 N–H and O–H groups in total. The lowest BCUT2D eigenvalue weighted by Gasteiger charge is -2.40. The summed E-state index contributed by atoms with van der Waals surface area (Å²) in [5, 5.41) is 9.29. The van der Waals surface area contributed by atoms with Crippen molar-refractivity contribution in [1.82, 2.24) is 9.71 Å². The van der Waals surface area contributed by atoms with Crippen LogP contribution in [0.25, 0.3) is 17.2 Å². The van der Waals surface area contributed by atoms with Crippen molar-refractivity contribution in [3.8, 4) is 17.2 Å². The summed E-state index contributed by atoms with van der Waals surface area (Å²) in [5.41, 5.74) is 3.42. The largest absolute Gasteiger partial charge is 0.256 e. The van der Waals surface area contributed by atoms with Gasteiger partial charge in [-0.25, -0.2) is 8.93 Å². The fraction of sp³-hybridized carbons (Fsp3) is 0.391. The summed E-state index contributed by atoms with van der Waals surface area (Å²) in [4.78, 5) is 4.59. The van der Waals surface area contributed by atoms with E-state index in [1.807, 2.05) is 42.6 Å². The molecule has 0 radical (unpaired) electrons. The van der Waals surface area contributed by atoms with Crippen molar-refractivity contribution in [3.63, 3.8) is 0 Å². The van der Waals surface area contributed by atoms with Gasteiger partial charge in [-0.15, -0.1) is 0 Å². The predicted molar refractivity (Wildman–Crippen MR) is 113 cm³/mol. The van der Waals surface area contributed by atoms with E-state index in [-0.39, 0.29) is 0 Å². The molecule has 2 fully saturated rings. The number of rotatable bonds is 3. The second-order valence-electron chi connectivity index (χ2n) is 8.04. The van der Waals surface area contributed by atoms with Crippen LogP contribution in [-0.4, -0.2) is 21.0 Å². The van der Waals surface area contributed by atoms with Gasteiger partial charge in [-0.05, 0) is 48.3 Å². The van der Waals surface area contributed by atoms with Gasteiger partial charge in [0.25, 0.3) is 0 Å². The number of nitriles is 1. The van der Waals surface area contributed by atoms with E-state index < -0.39 is 11.0 Å². The standard InChI is InChI=1S/C23H25N3OS/c1-15-11-23-22(14-28(27)26-23)20(16(15)2)10-9-19-8-7-18(13-25-19)21-6-4-3-5-17(21)12-24/h3-10,13,15-16,20,22-23,26H,11,14H2,1-2H3/b10-9+. The van der Waals surface area contributed by atoms with Crippen LogP contribution in [0, 0.1) is 35.0 Å². The maximum Gasteiger partial charge on any atom is 0.0998 e. The van der Waals surface area contributed by atoms with Gasteiger partial charge in [-0.2, -0.15) is 5.26 Å². The molecular weight excluding hydrogens is 366 g/mol. The summed E-state index contributed by atoms with van der Waals surface area (Å²) in [7, 11) is -0.895. The van der Waals surface area contributed by atoms with Gasteiger partial charge >= 0.3 is 0 Å². The molecule has 144 valence electrons. The van der Waals surface area contributed by atoms with Crippen LogP contribution < -0.4 is 4.72 Å². The van der Waals surface area contributed by atoms with Crippen molar-refractivity contribution in [2.24, 2.45) is 23.7 Å². The van der Waals surface area contributed by atoms with E-state index in [9.17, 15) is 9.47 Å². The van der Waals surface area contributed by atoms with Gasteiger partial charge in [-0.1, -0.05) is 44.2 Å². The zero-order valence-electron chi connectivity index (χ0n) is 16.2. The number of hydrogen-bond acceptors (Lipinski definition) is 3. The molecule has 1 aliphatic carbocycles. The van der Waals surface area contributed by atoms with Gasteiger partial charge in [0.15, 0.2) is 0 Å². The molecule has 5 heteroatoms. The molecule has 1 saturated heterocycles. The summed E-state index contributed by atoms with van der Waals surface area (Å²) in [6.07, 6.45) is 7.30. The van der Waals surface area contributed by atoms with Crippen LogP contribution in [0.3, 0.4) is 0 Å². The average molecular weight is 392 g/mol. The number of hydrogen-bond donors (Lipinski definition) is 1. The van der Waals surface area contributed by atoms with Crippen LogP contribution in [0.5, 0.6) is 0 Å². The normalized spacial score (nSPS) is 32.2. The van der Waals surface area contributed by atoms with E-state index in [1.54, 1.807) is 0 Å². The number of pyridine rings is 1. The monoisotopic (exact) mass is 391 g/mol. The number of aromatic nitrogens is 1. The lowest BCUT2D eigenvalue weighted by Crippen LogP contribution is -2.42. The molecule has 1 aromatic heterocycles. The summed E-state index contributed by atoms with van der Waals surface area (Å²) in [6, 6.07) is 14.2. The van der Waals surface area contributed by atoms with E-state index >= 15 is 0 Å². The van der Waals surface area contributed by atoms with E-state index in [4.69, 9.17) is 0 Å². The molecule has 1 aliphatic heterocycles. The minimum Gasteiger partial charge on any atom is -0.256 e. The van der Waals surface area contributed by atoms with Gasteiger partial charge in [0, 0.05) is 29.1 Å². The van der Waals surface area contributed by atoms with Crippen LogP contribution in [0.1, 0.15) is 31.5 Å². The van der Waals surface area contributed by atoms with Crippen LogP contribution >= 0.6 is 0 Å². The highest BCUT2D eigenvalue weighted by molar-refractivity contribution is 7.83. The molecule has 2 aromatic rings. The quantitative estimate of drug-likeness (QED) is 0.854. The Kier molecular flexibility index (Phi) is 5.43. The summed E-state index contributed by atoms with van der Waals surface area (Å²) in [6.45, 7) is 4.61. The number of allylic oxidation sites excluding steroid dienone is 1. The number of fused-ring (bicyclic) bond motifs is 1. The number of nitrogens with one attached hydrogen (secondary N) is 1. The lowest BCUT2D eigenvalue weighted by atomic mass is 9.66. The van der Waals surface area contributed by atoms with Crippen molar-refractivity contribution >= 4 is 17.1 Å². The van der Waals surface area contributed by atoms with Crippen molar-refractivity contribution in [2.75, 3.05) is 5.75 Å². The van der Waals surface area contributed by atoms with Crippen LogP contribution in [0.15, 0.2) is 48.7 Å². The molecule has 1 aromatic carbocycles. The third-order valence-electron chi connectivity index (χ3n) is 6.40. The average Bonchev–Trinajstić information content (AvgIpc) is 3.08. The van der Waals surface area contributed by atoms with Crippen LogP contribution in [0.4, 0.5) is 0 Å². The van der Waals surface area contributed by atoms with Gasteiger partial charge in [0.1, 0.15) is 0 Å². The Hall–Kier alpha value is -2.29. The third-order valence-corrected chi connectivity index (χ3v) is 7.66. The number of benzene rings is 1. The Labute approximate surface area is 169 Å². The Morgan fingerprint density at radius 2 is 2.07 bits per heavy atom. The Morgan fingerprint density at radius 1 is 1.25 bits per heavy atom. The molecule has 1 saturated carbocycles. The van der Waals surface area contributed by atoms with E-state index in [2.05, 4.69) is 41.8 Å². The molecule has 0 spiro atoms. The molecule has 6 atom stereocenters. The van der Waals surface area contributed by atoms with Crippen molar-refractivity contribution in [3.05, 3.63) is 59.9 Å². The highest BCUT2D eigenvalue weighted by atomic mass is 32.2. The van der Waals surface area contributed by atoms with Gasteiger partial charge in [0.05, 0.1) is 28.3 Å². The zero-order valence-corrected chi connectivity index (χ0v) is 17.0. The minimum atomic E-state index is -0.895. The summed E-state index contributed by atoms with van der Waals surface area (Å²) >= 11 is 0. The Balaban J connectivity index is 1.54. The zero-order chi connectivity index (χ0) is 19.7. The first-order valence-corrected chi connectivity index (χ1v) is 11.2. The topological polar surface area (TPSA) is 65.8 Å². The molecule has 0 amide bonds. The smallest absolute Gasteiger partial charge is 0.0998 e. The molecule has 2 aliphatic rings. The SMILES string of the molecule is CC1CC2NS(=O)CC2C(/C=C/c2ccc(-c3ccccc3C#N)cn2)C1C. The molecule has 2 heterocycles. The van der Waals surface area contributed by atoms with E-state index in [1.165, 1.54) is 0 Å². The third kappa shape index (κ3) is 3.67. The molecule has 4 nitrogen and oxygen atoms in total. The second-order valence-corrected chi connectivity index (χ2v) is 9.30. The Bertz CT molecular complexity index is 947. The molecule has 6 unspecified atom stereocenters. The first-order chi connectivity index (χ1) is 13.6. The molecular formula is C23H25N3OS. The predicted octanol–water partition coefficient (Wildman–Crippen LogP) is 4.18. The highest BCUT2D eigenvalue weighted by Crippen LogP contribution is 2.42. The molecule has 0 bridgehead atoms.